The van der Waals surface area contributed by atoms with Gasteiger partial charge in [-0.15, -0.1) is 0 Å². The zero-order valence-electron chi connectivity index (χ0n) is 10.2. The molecule has 2 aromatic rings. The number of hydrogen-bond donors (Lipinski definition) is 2. The molecule has 2 rings (SSSR count). The molecule has 0 spiro atoms. The number of nitrogens with one attached hydrogen (secondary N) is 1. The van der Waals surface area contributed by atoms with Crippen LogP contribution < -0.4 is 0 Å². The van der Waals surface area contributed by atoms with Gasteiger partial charge in [0.15, 0.2) is 0 Å². The number of hydrogen-bond acceptors (Lipinski definition) is 2. The Morgan fingerprint density at radius 3 is 2.75 bits per heavy atom. The number of aryl methyl sites for hydroxylation is 1. The van der Waals surface area contributed by atoms with E-state index in [2.05, 4.69) is 10.2 Å². The Morgan fingerprint density at radius 1 is 1.35 bits per heavy atom. The van der Waals surface area contributed by atoms with Gasteiger partial charge in [0.05, 0.1) is 17.5 Å². The van der Waals surface area contributed by atoms with E-state index in [1.165, 1.54) is 18.3 Å². The van der Waals surface area contributed by atoms with Crippen molar-refractivity contribution < 1.29 is 23.1 Å². The summed E-state index contributed by atoms with van der Waals surface area (Å²) in [6.45, 7) is 0. The van der Waals surface area contributed by atoms with E-state index in [0.29, 0.717) is 16.8 Å². The van der Waals surface area contributed by atoms with Crippen molar-refractivity contribution in [2.75, 3.05) is 0 Å². The van der Waals surface area contributed by atoms with Crippen LogP contribution in [-0.2, 0) is 17.4 Å². The first-order valence-electron chi connectivity index (χ1n) is 5.79. The van der Waals surface area contributed by atoms with Crippen LogP contribution in [0.15, 0.2) is 30.5 Å². The molecule has 20 heavy (non-hydrogen) atoms. The van der Waals surface area contributed by atoms with Gasteiger partial charge in [-0.25, -0.2) is 0 Å². The number of aromatic amines is 1. The largest absolute Gasteiger partial charge is 0.481 e. The minimum absolute atomic E-state index is 0.106. The van der Waals surface area contributed by atoms with E-state index < -0.39 is 17.7 Å². The van der Waals surface area contributed by atoms with Gasteiger partial charge in [-0.1, -0.05) is 12.1 Å². The van der Waals surface area contributed by atoms with Crippen LogP contribution >= 0.6 is 0 Å². The third kappa shape index (κ3) is 3.17. The number of halogens is 3. The molecule has 0 aliphatic heterocycles. The van der Waals surface area contributed by atoms with Crippen LogP contribution in [0.1, 0.15) is 17.5 Å². The number of carboxylic acids is 1. The summed E-state index contributed by atoms with van der Waals surface area (Å²) >= 11 is 0. The van der Waals surface area contributed by atoms with Gasteiger partial charge in [0.2, 0.25) is 0 Å². The van der Waals surface area contributed by atoms with Gasteiger partial charge in [-0.05, 0) is 24.1 Å². The maximum atomic E-state index is 12.7. The van der Waals surface area contributed by atoms with E-state index in [1.807, 2.05) is 0 Å². The molecule has 0 saturated carbocycles. The smallest absolute Gasteiger partial charge is 0.416 e. The number of alkyl halides is 3. The van der Waals surface area contributed by atoms with Gasteiger partial charge < -0.3 is 5.11 Å². The first kappa shape index (κ1) is 14.1. The highest BCUT2D eigenvalue weighted by Crippen LogP contribution is 2.32. The lowest BCUT2D eigenvalue weighted by Gasteiger charge is -2.08. The van der Waals surface area contributed by atoms with Gasteiger partial charge >= 0.3 is 12.1 Å². The van der Waals surface area contributed by atoms with Crippen molar-refractivity contribution in [2.45, 2.75) is 19.0 Å². The molecule has 0 unspecified atom stereocenters. The molecule has 0 bridgehead atoms. The van der Waals surface area contributed by atoms with E-state index in [-0.39, 0.29) is 12.8 Å². The van der Waals surface area contributed by atoms with Crippen molar-refractivity contribution in [2.24, 2.45) is 0 Å². The number of carboxylic acid groups (broad SMARTS) is 1. The first-order valence-corrected chi connectivity index (χ1v) is 5.79. The summed E-state index contributed by atoms with van der Waals surface area (Å²) in [6, 6.07) is 4.82. The van der Waals surface area contributed by atoms with E-state index >= 15 is 0 Å². The van der Waals surface area contributed by atoms with E-state index in [1.54, 1.807) is 0 Å². The number of benzene rings is 1. The van der Waals surface area contributed by atoms with Gasteiger partial charge in [0.1, 0.15) is 0 Å². The second kappa shape index (κ2) is 5.36. The summed E-state index contributed by atoms with van der Waals surface area (Å²) in [6.07, 6.45) is -2.89. The molecule has 4 nitrogen and oxygen atoms in total. The first-order chi connectivity index (χ1) is 9.38. The number of rotatable bonds is 4. The lowest BCUT2D eigenvalue weighted by molar-refractivity contribution is -0.138. The molecule has 0 saturated heterocycles. The lowest BCUT2D eigenvalue weighted by atomic mass is 10.0. The highest BCUT2D eigenvalue weighted by atomic mass is 19.4. The molecule has 1 heterocycles. The van der Waals surface area contributed by atoms with E-state index in [4.69, 9.17) is 5.11 Å². The number of aromatic nitrogens is 2. The summed E-state index contributed by atoms with van der Waals surface area (Å²) in [5.74, 6) is -0.971. The summed E-state index contributed by atoms with van der Waals surface area (Å²) in [5, 5.41) is 15.0. The van der Waals surface area contributed by atoms with Crippen molar-refractivity contribution in [3.8, 4) is 11.3 Å². The van der Waals surface area contributed by atoms with Crippen LogP contribution in [-0.4, -0.2) is 21.3 Å². The zero-order valence-corrected chi connectivity index (χ0v) is 10.2. The standard InChI is InChI=1S/C13H11F3N2O2/c14-13(15,16)10-3-1-2-8(6-10)12-9(7-17-18-12)4-5-11(19)20/h1-3,6-7H,4-5H2,(H,17,18)(H,19,20). The van der Waals surface area contributed by atoms with Crippen LogP contribution in [0.4, 0.5) is 13.2 Å². The van der Waals surface area contributed by atoms with Gasteiger partial charge in [-0.3, -0.25) is 9.89 Å². The Morgan fingerprint density at radius 2 is 2.10 bits per heavy atom. The topological polar surface area (TPSA) is 66.0 Å². The monoisotopic (exact) mass is 284 g/mol. The van der Waals surface area contributed by atoms with Crippen molar-refractivity contribution in [3.63, 3.8) is 0 Å². The number of carbonyl (C=O) groups is 1. The molecular weight excluding hydrogens is 273 g/mol. The van der Waals surface area contributed by atoms with Crippen LogP contribution in [0.5, 0.6) is 0 Å². The van der Waals surface area contributed by atoms with Gasteiger partial charge in [0.25, 0.3) is 0 Å². The highest BCUT2D eigenvalue weighted by Gasteiger charge is 2.30. The fourth-order valence-electron chi connectivity index (χ4n) is 1.84. The third-order valence-corrected chi connectivity index (χ3v) is 2.80. The highest BCUT2D eigenvalue weighted by molar-refractivity contribution is 5.69. The van der Waals surface area contributed by atoms with Crippen molar-refractivity contribution in [1.82, 2.24) is 10.2 Å². The SMILES string of the molecule is O=C(O)CCc1cn[nH]c1-c1cccc(C(F)(F)F)c1. The molecule has 106 valence electrons. The molecule has 7 heteroatoms. The second-order valence-corrected chi connectivity index (χ2v) is 4.24. The summed E-state index contributed by atoms with van der Waals surface area (Å²) in [5.41, 5.74) is 0.565. The molecule has 1 aromatic carbocycles. The Balaban J connectivity index is 2.33. The molecule has 0 amide bonds. The van der Waals surface area contributed by atoms with Crippen molar-refractivity contribution in [1.29, 1.82) is 0 Å². The second-order valence-electron chi connectivity index (χ2n) is 4.24. The van der Waals surface area contributed by atoms with E-state index in [9.17, 15) is 18.0 Å². The number of aliphatic carboxylic acids is 1. The average molecular weight is 284 g/mol. The predicted octanol–water partition coefficient (Wildman–Crippen LogP) is 3.11. The van der Waals surface area contributed by atoms with Gasteiger partial charge in [0, 0.05) is 12.0 Å². The molecule has 0 fully saturated rings. The minimum Gasteiger partial charge on any atom is -0.481 e. The van der Waals surface area contributed by atoms with Crippen LogP contribution in [0.25, 0.3) is 11.3 Å². The predicted molar refractivity (Wildman–Crippen MR) is 65.0 cm³/mol. The maximum Gasteiger partial charge on any atom is 0.416 e. The molecule has 0 atom stereocenters. The molecule has 0 radical (unpaired) electrons. The summed E-state index contributed by atoms with van der Waals surface area (Å²) in [7, 11) is 0. The zero-order chi connectivity index (χ0) is 14.8. The van der Waals surface area contributed by atoms with Crippen molar-refractivity contribution >= 4 is 5.97 Å². The normalized spacial score (nSPS) is 11.6. The molecule has 0 aliphatic rings. The maximum absolute atomic E-state index is 12.7. The average Bonchev–Trinajstić information content (AvgIpc) is 2.83. The Labute approximate surface area is 112 Å². The van der Waals surface area contributed by atoms with E-state index in [0.717, 1.165) is 12.1 Å². The van der Waals surface area contributed by atoms with Crippen LogP contribution in [0.2, 0.25) is 0 Å². The fourth-order valence-corrected chi connectivity index (χ4v) is 1.84. The van der Waals surface area contributed by atoms with Crippen molar-refractivity contribution in [3.05, 3.63) is 41.6 Å². The quantitative estimate of drug-likeness (QED) is 0.906. The lowest BCUT2D eigenvalue weighted by Crippen LogP contribution is -2.04. The molecule has 1 aromatic heterocycles. The Kier molecular flexibility index (Phi) is 3.78. The number of nitrogens with zero attached hydrogens (tertiary/aromatic N) is 1. The molecule has 2 N–H and O–H groups in total. The molecule has 0 aliphatic carbocycles. The van der Waals surface area contributed by atoms with Crippen LogP contribution in [0, 0.1) is 0 Å². The molecular formula is C13H11F3N2O2. The Bertz CT molecular complexity index is 620. The minimum atomic E-state index is -4.42. The van der Waals surface area contributed by atoms with Crippen LogP contribution in [0.3, 0.4) is 0 Å². The fraction of sp³-hybridized carbons (Fsp3) is 0.231. The number of H-pyrrole nitrogens is 1. The van der Waals surface area contributed by atoms with Gasteiger partial charge in [-0.2, -0.15) is 18.3 Å². The Hall–Kier alpha value is -2.31. The summed E-state index contributed by atoms with van der Waals surface area (Å²) in [4.78, 5) is 10.5. The summed E-state index contributed by atoms with van der Waals surface area (Å²) < 4.78 is 38.0. The third-order valence-electron chi connectivity index (χ3n) is 2.80.